The molecule has 0 spiro atoms. The maximum Gasteiger partial charge on any atom is 0.127 e. The molecule has 0 radical (unpaired) electrons. The third-order valence-corrected chi connectivity index (χ3v) is 5.17. The Hall–Kier alpha value is -3.07. The average Bonchev–Trinajstić information content (AvgIpc) is 3.02. The maximum absolute atomic E-state index is 14.4. The van der Waals surface area contributed by atoms with Gasteiger partial charge in [-0.3, -0.25) is 4.99 Å². The van der Waals surface area contributed by atoms with E-state index < -0.39 is 0 Å². The Labute approximate surface area is 175 Å². The van der Waals surface area contributed by atoms with Gasteiger partial charge in [0.25, 0.3) is 0 Å². The SMILES string of the molecule is FC1=CCC=CC=C1/C1=C/CCC2C=C(COCc3cccc(F)c3)N=C2C=C=C1. The molecule has 3 aliphatic rings. The molecule has 1 heterocycles. The molecule has 0 bridgehead atoms. The van der Waals surface area contributed by atoms with Gasteiger partial charge in [0.2, 0.25) is 0 Å². The van der Waals surface area contributed by atoms with Gasteiger partial charge >= 0.3 is 0 Å². The van der Waals surface area contributed by atoms with Gasteiger partial charge in [0.15, 0.2) is 0 Å². The van der Waals surface area contributed by atoms with E-state index >= 15 is 0 Å². The molecule has 1 aromatic carbocycles. The lowest BCUT2D eigenvalue weighted by atomic mass is 9.97. The molecule has 0 saturated heterocycles. The molecule has 152 valence electrons. The van der Waals surface area contributed by atoms with Crippen molar-refractivity contribution in [3.05, 3.63) is 113 Å². The summed E-state index contributed by atoms with van der Waals surface area (Å²) in [6, 6.07) is 6.41. The molecule has 0 saturated carbocycles. The van der Waals surface area contributed by atoms with Crippen LogP contribution in [0.15, 0.2) is 106 Å². The number of aliphatic imine (C=N–C) groups is 1. The van der Waals surface area contributed by atoms with E-state index in [1.165, 1.54) is 12.1 Å². The van der Waals surface area contributed by atoms with Crippen LogP contribution in [0, 0.1) is 11.7 Å². The Balaban J connectivity index is 1.42. The van der Waals surface area contributed by atoms with Crippen molar-refractivity contribution in [3.63, 3.8) is 0 Å². The fourth-order valence-electron chi connectivity index (χ4n) is 3.67. The van der Waals surface area contributed by atoms with Gasteiger partial charge in [-0.15, -0.1) is 5.73 Å². The van der Waals surface area contributed by atoms with E-state index in [0.717, 1.165) is 35.4 Å². The van der Waals surface area contributed by atoms with E-state index in [4.69, 9.17) is 4.74 Å². The Morgan fingerprint density at radius 3 is 2.97 bits per heavy atom. The number of rotatable bonds is 5. The predicted molar refractivity (Wildman–Crippen MR) is 116 cm³/mol. The first-order valence-corrected chi connectivity index (χ1v) is 10.2. The zero-order chi connectivity index (χ0) is 20.8. The van der Waals surface area contributed by atoms with Crippen molar-refractivity contribution in [2.24, 2.45) is 10.9 Å². The number of halogens is 2. The minimum absolute atomic E-state index is 0.192. The molecule has 0 aromatic heterocycles. The standard InChI is InChI=1S/C26H23F2NO/c27-22-11-4-7-19(15-22)17-30-18-23-16-21-10-5-8-20(9-6-14-26(21)29-23)24-12-2-1-3-13-25(24)28/h1-2,4,7-9,11-16,21H,3,5,10,17-18H2/b20-8+. The molecule has 1 atom stereocenters. The average molecular weight is 403 g/mol. The quantitative estimate of drug-likeness (QED) is 0.517. The van der Waals surface area contributed by atoms with Gasteiger partial charge in [-0.05, 0) is 54.7 Å². The predicted octanol–water partition coefficient (Wildman–Crippen LogP) is 6.47. The summed E-state index contributed by atoms with van der Waals surface area (Å²) in [4.78, 5) is 4.68. The van der Waals surface area contributed by atoms with Gasteiger partial charge in [0, 0.05) is 17.6 Å². The summed E-state index contributed by atoms with van der Waals surface area (Å²) in [6.07, 6.45) is 17.4. The lowest BCUT2D eigenvalue weighted by molar-refractivity contribution is 0.141. The molecule has 4 heteroatoms. The Bertz CT molecular complexity index is 1060. The van der Waals surface area contributed by atoms with E-state index in [1.54, 1.807) is 12.1 Å². The first-order chi connectivity index (χ1) is 14.7. The smallest absolute Gasteiger partial charge is 0.127 e. The summed E-state index contributed by atoms with van der Waals surface area (Å²) in [5.74, 6) is -0.266. The lowest BCUT2D eigenvalue weighted by Crippen LogP contribution is -2.05. The summed E-state index contributed by atoms with van der Waals surface area (Å²) in [7, 11) is 0. The highest BCUT2D eigenvalue weighted by molar-refractivity contribution is 6.00. The first kappa shape index (κ1) is 20.2. The van der Waals surface area contributed by atoms with Crippen molar-refractivity contribution in [3.8, 4) is 0 Å². The molecule has 1 unspecified atom stereocenters. The van der Waals surface area contributed by atoms with E-state index in [1.807, 2.05) is 36.4 Å². The minimum Gasteiger partial charge on any atom is -0.370 e. The van der Waals surface area contributed by atoms with Crippen molar-refractivity contribution in [2.75, 3.05) is 6.61 Å². The summed E-state index contributed by atoms with van der Waals surface area (Å²) < 4.78 is 33.3. The van der Waals surface area contributed by atoms with Crippen molar-refractivity contribution < 1.29 is 13.5 Å². The summed E-state index contributed by atoms with van der Waals surface area (Å²) in [5.41, 5.74) is 7.23. The van der Waals surface area contributed by atoms with E-state index in [-0.39, 0.29) is 17.6 Å². The third kappa shape index (κ3) is 5.10. The van der Waals surface area contributed by atoms with Crippen molar-refractivity contribution in [1.82, 2.24) is 0 Å². The molecule has 30 heavy (non-hydrogen) atoms. The molecule has 2 aliphatic carbocycles. The number of nitrogens with zero attached hydrogens (tertiary/aromatic N) is 1. The highest BCUT2D eigenvalue weighted by Crippen LogP contribution is 2.28. The fourth-order valence-corrected chi connectivity index (χ4v) is 3.67. The van der Waals surface area contributed by atoms with Gasteiger partial charge < -0.3 is 4.74 Å². The molecule has 0 amide bonds. The number of hydrogen-bond donors (Lipinski definition) is 0. The Kier molecular flexibility index (Phi) is 6.48. The van der Waals surface area contributed by atoms with E-state index in [9.17, 15) is 8.78 Å². The molecular weight excluding hydrogens is 380 g/mol. The van der Waals surface area contributed by atoms with Crippen LogP contribution >= 0.6 is 0 Å². The molecular formula is C26H23F2NO. The second kappa shape index (κ2) is 9.62. The van der Waals surface area contributed by atoms with Gasteiger partial charge in [0.05, 0.1) is 24.6 Å². The van der Waals surface area contributed by atoms with Crippen LogP contribution in [0.25, 0.3) is 0 Å². The number of fused-ring (bicyclic) bond motifs is 1. The number of allylic oxidation sites excluding steroid dienone is 10. The summed E-state index contributed by atoms with van der Waals surface area (Å²) in [5, 5.41) is 0. The van der Waals surface area contributed by atoms with E-state index in [0.29, 0.717) is 25.2 Å². The van der Waals surface area contributed by atoms with Crippen LogP contribution in [0.4, 0.5) is 8.78 Å². The Morgan fingerprint density at radius 2 is 2.07 bits per heavy atom. The molecule has 0 fully saturated rings. The van der Waals surface area contributed by atoms with Crippen molar-refractivity contribution in [1.29, 1.82) is 0 Å². The molecule has 4 rings (SSSR count). The zero-order valence-corrected chi connectivity index (χ0v) is 16.7. The maximum atomic E-state index is 14.4. The first-order valence-electron chi connectivity index (χ1n) is 10.2. The third-order valence-electron chi connectivity index (χ3n) is 5.17. The van der Waals surface area contributed by atoms with Gasteiger partial charge in [-0.25, -0.2) is 8.78 Å². The van der Waals surface area contributed by atoms with Gasteiger partial charge in [0.1, 0.15) is 11.6 Å². The summed E-state index contributed by atoms with van der Waals surface area (Å²) in [6.45, 7) is 0.722. The highest BCUT2D eigenvalue weighted by atomic mass is 19.1. The van der Waals surface area contributed by atoms with Gasteiger partial charge in [-0.2, -0.15) is 0 Å². The van der Waals surface area contributed by atoms with Gasteiger partial charge in [-0.1, -0.05) is 42.5 Å². The van der Waals surface area contributed by atoms with Crippen molar-refractivity contribution >= 4 is 5.71 Å². The number of ether oxygens (including phenoxy) is 1. The van der Waals surface area contributed by atoms with Crippen LogP contribution in [-0.2, 0) is 11.3 Å². The fraction of sp³-hybridized carbons (Fsp3) is 0.231. The normalized spacial score (nSPS) is 22.5. The van der Waals surface area contributed by atoms with E-state index in [2.05, 4.69) is 22.9 Å². The monoisotopic (exact) mass is 403 g/mol. The van der Waals surface area contributed by atoms with Crippen LogP contribution in [-0.4, -0.2) is 12.3 Å². The number of hydrogen-bond acceptors (Lipinski definition) is 2. The highest BCUT2D eigenvalue weighted by Gasteiger charge is 2.20. The Morgan fingerprint density at radius 1 is 1.13 bits per heavy atom. The molecule has 1 aliphatic heterocycles. The second-order valence-corrected chi connectivity index (χ2v) is 7.41. The van der Waals surface area contributed by atoms with Crippen molar-refractivity contribution in [2.45, 2.75) is 25.9 Å². The lowest BCUT2D eigenvalue weighted by Gasteiger charge is -2.07. The van der Waals surface area contributed by atoms with Crippen LogP contribution < -0.4 is 0 Å². The second-order valence-electron chi connectivity index (χ2n) is 7.41. The van der Waals surface area contributed by atoms with Crippen LogP contribution in [0.1, 0.15) is 24.8 Å². The zero-order valence-electron chi connectivity index (χ0n) is 16.7. The minimum atomic E-state index is -0.263. The molecule has 0 N–H and O–H groups in total. The largest absolute Gasteiger partial charge is 0.370 e. The van der Waals surface area contributed by atoms with Crippen LogP contribution in [0.2, 0.25) is 0 Å². The topological polar surface area (TPSA) is 21.6 Å². The number of benzene rings is 1. The summed E-state index contributed by atoms with van der Waals surface area (Å²) >= 11 is 0. The van der Waals surface area contributed by atoms with Crippen LogP contribution in [0.5, 0.6) is 0 Å². The molecule has 2 nitrogen and oxygen atoms in total. The molecule has 1 aromatic rings. The van der Waals surface area contributed by atoms with Crippen LogP contribution in [0.3, 0.4) is 0 Å².